The standard InChI is InChI=1S/C18H21BrN2O3S/c1-11(2)21-10-15(17(22)16(19)12(21)3)18(23)20-9-13-5-7-14(8-6-13)25(4)24/h5-8,10-11H,9H2,1-4H3,(H,20,23). The molecule has 0 saturated heterocycles. The molecule has 2 aromatic rings. The first-order valence-corrected chi connectivity index (χ1v) is 10.2. The van der Waals surface area contributed by atoms with E-state index in [1.54, 1.807) is 24.6 Å². The highest BCUT2D eigenvalue weighted by Crippen LogP contribution is 2.17. The molecule has 1 unspecified atom stereocenters. The SMILES string of the molecule is Cc1c(Br)c(=O)c(C(=O)NCc2ccc([S+](C)[O-])cc2)cn1C(C)C. The highest BCUT2D eigenvalue weighted by molar-refractivity contribution is 9.10. The number of carbonyl (C=O) groups excluding carboxylic acids is 1. The number of nitrogens with one attached hydrogen (secondary N) is 1. The summed E-state index contributed by atoms with van der Waals surface area (Å²) in [6, 6.07) is 7.30. The number of benzene rings is 1. The van der Waals surface area contributed by atoms with Gasteiger partial charge in [-0.2, -0.15) is 0 Å². The number of pyridine rings is 1. The Bertz CT molecular complexity index is 829. The van der Waals surface area contributed by atoms with Gasteiger partial charge in [0.15, 0.2) is 4.90 Å². The van der Waals surface area contributed by atoms with Gasteiger partial charge < -0.3 is 14.4 Å². The molecule has 0 aliphatic heterocycles. The van der Waals surface area contributed by atoms with E-state index < -0.39 is 17.1 Å². The van der Waals surface area contributed by atoms with E-state index in [1.807, 2.05) is 37.5 Å². The molecule has 134 valence electrons. The number of halogens is 1. The third-order valence-corrected chi connectivity index (χ3v) is 5.80. The molecule has 1 amide bonds. The van der Waals surface area contributed by atoms with Gasteiger partial charge in [-0.3, -0.25) is 9.59 Å². The smallest absolute Gasteiger partial charge is 0.257 e. The van der Waals surface area contributed by atoms with E-state index in [0.717, 1.165) is 16.2 Å². The van der Waals surface area contributed by atoms with E-state index in [2.05, 4.69) is 21.2 Å². The summed E-state index contributed by atoms with van der Waals surface area (Å²) >= 11 is 2.26. The average molecular weight is 425 g/mol. The van der Waals surface area contributed by atoms with Crippen LogP contribution in [0.5, 0.6) is 0 Å². The molecule has 1 heterocycles. The molecule has 0 fully saturated rings. The number of nitrogens with zero attached hydrogens (tertiary/aromatic N) is 1. The highest BCUT2D eigenvalue weighted by Gasteiger charge is 2.17. The predicted molar refractivity (Wildman–Crippen MR) is 103 cm³/mol. The highest BCUT2D eigenvalue weighted by atomic mass is 79.9. The van der Waals surface area contributed by atoms with E-state index in [-0.39, 0.29) is 17.0 Å². The molecule has 0 aliphatic rings. The maximum absolute atomic E-state index is 12.5. The van der Waals surface area contributed by atoms with E-state index in [9.17, 15) is 14.1 Å². The molecule has 0 aliphatic carbocycles. The van der Waals surface area contributed by atoms with Crippen LogP contribution in [0.2, 0.25) is 0 Å². The van der Waals surface area contributed by atoms with Crippen molar-refractivity contribution in [3.05, 3.63) is 62.0 Å². The van der Waals surface area contributed by atoms with Crippen molar-refractivity contribution in [1.29, 1.82) is 0 Å². The van der Waals surface area contributed by atoms with Crippen molar-refractivity contribution >= 4 is 33.0 Å². The summed E-state index contributed by atoms with van der Waals surface area (Å²) in [6.07, 6.45) is 3.22. The van der Waals surface area contributed by atoms with Crippen LogP contribution in [0, 0.1) is 6.92 Å². The van der Waals surface area contributed by atoms with Crippen LogP contribution in [0.1, 0.15) is 41.5 Å². The lowest BCUT2D eigenvalue weighted by Gasteiger charge is -2.17. The molecule has 7 heteroatoms. The lowest BCUT2D eigenvalue weighted by atomic mass is 10.2. The molecule has 1 aromatic carbocycles. The van der Waals surface area contributed by atoms with Gasteiger partial charge in [-0.15, -0.1) is 0 Å². The summed E-state index contributed by atoms with van der Waals surface area (Å²) in [5, 5.41) is 2.77. The van der Waals surface area contributed by atoms with Gasteiger partial charge in [0.2, 0.25) is 5.43 Å². The van der Waals surface area contributed by atoms with Crippen LogP contribution in [0.3, 0.4) is 0 Å². The lowest BCUT2D eigenvalue weighted by molar-refractivity contribution is 0.0949. The van der Waals surface area contributed by atoms with Crippen molar-refractivity contribution in [2.45, 2.75) is 38.3 Å². The zero-order chi connectivity index (χ0) is 18.7. The average Bonchev–Trinajstić information content (AvgIpc) is 2.57. The fraction of sp³-hybridized carbons (Fsp3) is 0.333. The van der Waals surface area contributed by atoms with Gasteiger partial charge in [-0.1, -0.05) is 12.1 Å². The zero-order valence-corrected chi connectivity index (χ0v) is 17.0. The van der Waals surface area contributed by atoms with Crippen LogP contribution >= 0.6 is 15.9 Å². The predicted octanol–water partition coefficient (Wildman–Crippen LogP) is 3.17. The second-order valence-corrected chi connectivity index (χ2v) is 8.23. The Hall–Kier alpha value is -1.57. The van der Waals surface area contributed by atoms with Crippen LogP contribution in [-0.4, -0.2) is 21.3 Å². The third-order valence-electron chi connectivity index (χ3n) is 3.93. The fourth-order valence-electron chi connectivity index (χ4n) is 2.47. The van der Waals surface area contributed by atoms with E-state index in [4.69, 9.17) is 0 Å². The van der Waals surface area contributed by atoms with Crippen molar-refractivity contribution in [2.24, 2.45) is 0 Å². The molecular formula is C18H21BrN2O3S. The van der Waals surface area contributed by atoms with Gasteiger partial charge in [0.25, 0.3) is 5.91 Å². The quantitative estimate of drug-likeness (QED) is 0.748. The first-order valence-electron chi connectivity index (χ1n) is 7.84. The fourth-order valence-corrected chi connectivity index (χ4v) is 3.40. The van der Waals surface area contributed by atoms with Crippen molar-refractivity contribution < 1.29 is 9.35 Å². The summed E-state index contributed by atoms with van der Waals surface area (Å²) in [7, 11) is 0. The largest absolute Gasteiger partial charge is 0.612 e. The molecule has 25 heavy (non-hydrogen) atoms. The van der Waals surface area contributed by atoms with Crippen LogP contribution in [0.25, 0.3) is 0 Å². The number of aromatic nitrogens is 1. The number of amides is 1. The van der Waals surface area contributed by atoms with Gasteiger partial charge in [0, 0.05) is 24.5 Å². The molecule has 0 spiro atoms. The lowest BCUT2D eigenvalue weighted by Crippen LogP contribution is -2.30. The molecule has 5 nitrogen and oxygen atoms in total. The minimum Gasteiger partial charge on any atom is -0.612 e. The first kappa shape index (κ1) is 19.8. The van der Waals surface area contributed by atoms with Crippen LogP contribution in [0.15, 0.2) is 44.6 Å². The summed E-state index contributed by atoms with van der Waals surface area (Å²) < 4.78 is 13.7. The molecule has 2 rings (SSSR count). The zero-order valence-electron chi connectivity index (χ0n) is 14.6. The van der Waals surface area contributed by atoms with Crippen LogP contribution in [0.4, 0.5) is 0 Å². The maximum Gasteiger partial charge on any atom is 0.257 e. The Kier molecular flexibility index (Phi) is 6.48. The maximum atomic E-state index is 12.5. The summed E-state index contributed by atoms with van der Waals surface area (Å²) in [4.78, 5) is 25.6. The second-order valence-electron chi connectivity index (χ2n) is 6.05. The van der Waals surface area contributed by atoms with Crippen LogP contribution in [-0.2, 0) is 17.7 Å². The van der Waals surface area contributed by atoms with Gasteiger partial charge in [0.05, 0.1) is 4.47 Å². The molecule has 1 N–H and O–H groups in total. The summed E-state index contributed by atoms with van der Waals surface area (Å²) in [5.74, 6) is -0.414. The Morgan fingerprint density at radius 1 is 1.32 bits per heavy atom. The van der Waals surface area contributed by atoms with Gasteiger partial charge in [-0.05, 0) is 65.6 Å². The number of hydrogen-bond acceptors (Lipinski definition) is 3. The third kappa shape index (κ3) is 4.54. The van der Waals surface area contributed by atoms with Gasteiger partial charge in [0.1, 0.15) is 11.8 Å². The molecule has 1 atom stereocenters. The number of hydrogen-bond donors (Lipinski definition) is 1. The summed E-state index contributed by atoms with van der Waals surface area (Å²) in [6.45, 7) is 6.12. The Labute approximate surface area is 158 Å². The number of rotatable bonds is 5. The minimum absolute atomic E-state index is 0.109. The Morgan fingerprint density at radius 2 is 1.92 bits per heavy atom. The molecule has 1 aromatic heterocycles. The Balaban J connectivity index is 2.19. The topological polar surface area (TPSA) is 74.2 Å². The molecule has 0 bridgehead atoms. The Morgan fingerprint density at radius 3 is 2.44 bits per heavy atom. The van der Waals surface area contributed by atoms with Gasteiger partial charge >= 0.3 is 0 Å². The molecule has 0 saturated carbocycles. The van der Waals surface area contributed by atoms with Crippen molar-refractivity contribution in [1.82, 2.24) is 9.88 Å². The van der Waals surface area contributed by atoms with Crippen molar-refractivity contribution in [2.75, 3.05) is 6.26 Å². The van der Waals surface area contributed by atoms with Crippen molar-refractivity contribution in [3.8, 4) is 0 Å². The first-order chi connectivity index (χ1) is 11.7. The minimum atomic E-state index is -1.03. The van der Waals surface area contributed by atoms with Gasteiger partial charge in [-0.25, -0.2) is 0 Å². The van der Waals surface area contributed by atoms with Crippen molar-refractivity contribution in [3.63, 3.8) is 0 Å². The summed E-state index contributed by atoms with van der Waals surface area (Å²) in [5.41, 5.74) is 1.46. The number of carbonyl (C=O) groups is 1. The molecule has 0 radical (unpaired) electrons. The van der Waals surface area contributed by atoms with E-state index in [1.165, 1.54) is 0 Å². The van der Waals surface area contributed by atoms with E-state index in [0.29, 0.717) is 11.0 Å². The monoisotopic (exact) mass is 424 g/mol. The normalized spacial score (nSPS) is 12.3. The second kappa shape index (κ2) is 8.21. The van der Waals surface area contributed by atoms with E-state index >= 15 is 0 Å². The van der Waals surface area contributed by atoms with Crippen LogP contribution < -0.4 is 10.7 Å². The molecular weight excluding hydrogens is 404 g/mol.